The van der Waals surface area contributed by atoms with E-state index in [1.54, 1.807) is 30.5 Å². The van der Waals surface area contributed by atoms with Gasteiger partial charge in [0.05, 0.1) is 24.7 Å². The molecule has 0 atom stereocenters. The number of nitrogen functional groups attached to an aromatic ring is 1. The summed E-state index contributed by atoms with van der Waals surface area (Å²) in [5.74, 6) is 0.506. The number of Topliss-reactive ketones (excluding diaryl/α,β-unsaturated/α-hetero) is 1. The van der Waals surface area contributed by atoms with Crippen LogP contribution >= 0.6 is 0 Å². The third-order valence-electron chi connectivity index (χ3n) is 4.26. The first-order valence-electron chi connectivity index (χ1n) is 9.62. The Labute approximate surface area is 174 Å². The number of rotatable bonds is 9. The van der Waals surface area contributed by atoms with Crippen molar-refractivity contribution in [1.29, 1.82) is 0 Å². The molecule has 0 fully saturated rings. The van der Waals surface area contributed by atoms with E-state index >= 15 is 0 Å². The maximum Gasteiger partial charge on any atom is 0.232 e. The standard InChI is InChI=1S/C22H24FN5O2/c1-14(2)13-30-21-12-27-19(11-28-21)20(29)9-15-5-6-17(23)16(8-15)10-26-18-4-3-7-25-22(18)24/h3-8,11-12,14,26H,9-10,13H2,1-2H3,(H2,24,25). The molecule has 2 aromatic heterocycles. The van der Waals surface area contributed by atoms with Gasteiger partial charge >= 0.3 is 0 Å². The van der Waals surface area contributed by atoms with Gasteiger partial charge in [-0.3, -0.25) is 4.79 Å². The van der Waals surface area contributed by atoms with Crippen LogP contribution in [0.5, 0.6) is 5.88 Å². The minimum Gasteiger partial charge on any atom is -0.476 e. The number of benzene rings is 1. The van der Waals surface area contributed by atoms with Gasteiger partial charge < -0.3 is 15.8 Å². The highest BCUT2D eigenvalue weighted by Gasteiger charge is 2.12. The van der Waals surface area contributed by atoms with E-state index in [0.717, 1.165) is 0 Å². The van der Waals surface area contributed by atoms with E-state index in [9.17, 15) is 9.18 Å². The Bertz CT molecular complexity index is 1010. The highest BCUT2D eigenvalue weighted by Crippen LogP contribution is 2.18. The van der Waals surface area contributed by atoms with Crippen LogP contribution in [0.15, 0.2) is 48.9 Å². The Morgan fingerprint density at radius 2 is 2.03 bits per heavy atom. The number of carbonyl (C=O) groups excluding carboxylic acids is 1. The van der Waals surface area contributed by atoms with E-state index in [-0.39, 0.29) is 30.3 Å². The van der Waals surface area contributed by atoms with E-state index in [2.05, 4.69) is 20.3 Å². The molecule has 7 nitrogen and oxygen atoms in total. The molecule has 8 heteroatoms. The largest absolute Gasteiger partial charge is 0.476 e. The normalized spacial score (nSPS) is 10.8. The molecule has 0 saturated carbocycles. The van der Waals surface area contributed by atoms with Gasteiger partial charge in [0.25, 0.3) is 0 Å². The number of hydrogen-bond donors (Lipinski definition) is 2. The van der Waals surface area contributed by atoms with Gasteiger partial charge in [-0.25, -0.2) is 19.3 Å². The lowest BCUT2D eigenvalue weighted by Gasteiger charge is -2.10. The molecule has 0 saturated heterocycles. The number of ketones is 1. The molecular formula is C22H24FN5O2. The predicted molar refractivity (Wildman–Crippen MR) is 113 cm³/mol. The van der Waals surface area contributed by atoms with Crippen LogP contribution in [-0.4, -0.2) is 27.3 Å². The number of carbonyl (C=O) groups is 1. The van der Waals surface area contributed by atoms with Crippen molar-refractivity contribution in [1.82, 2.24) is 15.0 Å². The van der Waals surface area contributed by atoms with Crippen LogP contribution in [0.1, 0.15) is 35.5 Å². The molecule has 0 bridgehead atoms. The second kappa shape index (κ2) is 9.78. The maximum atomic E-state index is 14.2. The Morgan fingerprint density at radius 3 is 2.73 bits per heavy atom. The number of halogens is 1. The average Bonchev–Trinajstić information content (AvgIpc) is 2.74. The van der Waals surface area contributed by atoms with E-state index in [1.807, 2.05) is 13.8 Å². The maximum absolute atomic E-state index is 14.2. The highest BCUT2D eigenvalue weighted by molar-refractivity contribution is 5.95. The number of hydrogen-bond acceptors (Lipinski definition) is 7. The average molecular weight is 409 g/mol. The van der Waals surface area contributed by atoms with Crippen LogP contribution in [0.25, 0.3) is 0 Å². The Hall–Kier alpha value is -3.55. The lowest BCUT2D eigenvalue weighted by atomic mass is 10.0. The molecule has 3 rings (SSSR count). The number of anilines is 2. The zero-order valence-corrected chi connectivity index (χ0v) is 16.9. The fraction of sp³-hybridized carbons (Fsp3) is 0.273. The quantitative estimate of drug-likeness (QED) is 0.520. The van der Waals surface area contributed by atoms with Gasteiger partial charge in [-0.1, -0.05) is 26.0 Å². The molecule has 0 unspecified atom stereocenters. The smallest absolute Gasteiger partial charge is 0.232 e. The number of pyridine rings is 1. The summed E-state index contributed by atoms with van der Waals surface area (Å²) < 4.78 is 19.7. The van der Waals surface area contributed by atoms with Gasteiger partial charge in [0.15, 0.2) is 5.78 Å². The topological polar surface area (TPSA) is 103 Å². The van der Waals surface area contributed by atoms with Gasteiger partial charge in [-0.05, 0) is 29.7 Å². The molecule has 0 aliphatic heterocycles. The van der Waals surface area contributed by atoms with E-state index < -0.39 is 0 Å². The Balaban J connectivity index is 1.64. The Morgan fingerprint density at radius 1 is 1.20 bits per heavy atom. The number of nitrogens with one attached hydrogen (secondary N) is 1. The molecule has 0 radical (unpaired) electrons. The minimum atomic E-state index is -0.368. The van der Waals surface area contributed by atoms with Gasteiger partial charge in [-0.2, -0.15) is 0 Å². The second-order valence-corrected chi connectivity index (χ2v) is 7.26. The first-order valence-corrected chi connectivity index (χ1v) is 9.62. The number of ether oxygens (including phenoxy) is 1. The van der Waals surface area contributed by atoms with Crippen molar-refractivity contribution >= 4 is 17.3 Å². The van der Waals surface area contributed by atoms with Crippen LogP contribution in [0.2, 0.25) is 0 Å². The molecule has 0 spiro atoms. The summed E-state index contributed by atoms with van der Waals surface area (Å²) in [4.78, 5) is 24.8. The molecule has 2 heterocycles. The SMILES string of the molecule is CC(C)COc1cnc(C(=O)Cc2ccc(F)c(CNc3cccnc3N)c2)cn1. The van der Waals surface area contributed by atoms with Crippen LogP contribution in [-0.2, 0) is 13.0 Å². The van der Waals surface area contributed by atoms with Gasteiger partial charge in [0.1, 0.15) is 17.3 Å². The van der Waals surface area contributed by atoms with Crippen LogP contribution < -0.4 is 15.8 Å². The van der Waals surface area contributed by atoms with Crippen LogP contribution in [0.4, 0.5) is 15.9 Å². The van der Waals surface area contributed by atoms with Crippen molar-refractivity contribution in [2.24, 2.45) is 5.92 Å². The molecule has 0 aliphatic carbocycles. The predicted octanol–water partition coefficient (Wildman–Crippen LogP) is 3.67. The van der Waals surface area contributed by atoms with Gasteiger partial charge in [-0.15, -0.1) is 0 Å². The minimum absolute atomic E-state index is 0.0865. The molecule has 3 N–H and O–H groups in total. The van der Waals surface area contributed by atoms with Crippen LogP contribution in [0, 0.1) is 11.7 Å². The summed E-state index contributed by atoms with van der Waals surface area (Å²) in [6.45, 7) is 4.80. The second-order valence-electron chi connectivity index (χ2n) is 7.26. The summed E-state index contributed by atoms with van der Waals surface area (Å²) in [7, 11) is 0. The van der Waals surface area contributed by atoms with Crippen molar-refractivity contribution in [3.8, 4) is 5.88 Å². The van der Waals surface area contributed by atoms with E-state index in [4.69, 9.17) is 10.5 Å². The first kappa shape index (κ1) is 21.2. The van der Waals surface area contributed by atoms with Gasteiger partial charge in [0.2, 0.25) is 5.88 Å². The third kappa shape index (κ3) is 5.73. The summed E-state index contributed by atoms with van der Waals surface area (Å²) in [5.41, 5.74) is 7.75. The fourth-order valence-corrected chi connectivity index (χ4v) is 2.69. The number of aromatic nitrogens is 3. The lowest BCUT2D eigenvalue weighted by Crippen LogP contribution is -2.10. The van der Waals surface area contributed by atoms with Crippen molar-refractivity contribution in [3.05, 3.63) is 71.6 Å². The Kier molecular flexibility index (Phi) is 6.90. The van der Waals surface area contributed by atoms with Gasteiger partial charge in [0, 0.05) is 24.7 Å². The van der Waals surface area contributed by atoms with E-state index in [1.165, 1.54) is 18.5 Å². The number of nitrogens with zero attached hydrogens (tertiary/aromatic N) is 3. The number of nitrogens with two attached hydrogens (primary N) is 1. The van der Waals surface area contributed by atoms with Crippen molar-refractivity contribution in [2.45, 2.75) is 26.8 Å². The summed E-state index contributed by atoms with van der Waals surface area (Å²) in [6, 6.07) is 8.09. The lowest BCUT2D eigenvalue weighted by molar-refractivity contribution is 0.0987. The molecule has 3 aromatic rings. The summed E-state index contributed by atoms with van der Waals surface area (Å²) >= 11 is 0. The molecule has 0 amide bonds. The fourth-order valence-electron chi connectivity index (χ4n) is 2.69. The molecule has 1 aromatic carbocycles. The first-order chi connectivity index (χ1) is 14.4. The van der Waals surface area contributed by atoms with Crippen molar-refractivity contribution in [3.63, 3.8) is 0 Å². The molecular weight excluding hydrogens is 385 g/mol. The zero-order valence-electron chi connectivity index (χ0n) is 16.9. The third-order valence-corrected chi connectivity index (χ3v) is 4.26. The van der Waals surface area contributed by atoms with Crippen molar-refractivity contribution < 1.29 is 13.9 Å². The molecule has 0 aliphatic rings. The van der Waals surface area contributed by atoms with Crippen LogP contribution in [0.3, 0.4) is 0 Å². The zero-order chi connectivity index (χ0) is 21.5. The van der Waals surface area contributed by atoms with E-state index in [0.29, 0.717) is 41.0 Å². The highest BCUT2D eigenvalue weighted by atomic mass is 19.1. The molecule has 30 heavy (non-hydrogen) atoms. The monoisotopic (exact) mass is 409 g/mol. The molecule has 156 valence electrons. The summed E-state index contributed by atoms with van der Waals surface area (Å²) in [5, 5.41) is 3.06. The summed E-state index contributed by atoms with van der Waals surface area (Å²) in [6.07, 6.45) is 4.51. The van der Waals surface area contributed by atoms with Crippen molar-refractivity contribution in [2.75, 3.05) is 17.7 Å².